The quantitative estimate of drug-likeness (QED) is 0.0320. The Balaban J connectivity index is 2.44. The van der Waals surface area contributed by atoms with Crippen LogP contribution >= 0.6 is 0 Å². The zero-order valence-corrected chi connectivity index (χ0v) is 31.2. The number of amides is 1. The molecule has 1 amide bonds. The van der Waals surface area contributed by atoms with Crippen molar-refractivity contribution in [1.82, 2.24) is 5.32 Å². The number of aliphatic hydroxyl groups excluding tert-OH is 5. The van der Waals surface area contributed by atoms with Crippen LogP contribution in [0.25, 0.3) is 0 Å². The molecule has 0 saturated carbocycles. The Morgan fingerprint density at radius 3 is 1.69 bits per heavy atom. The van der Waals surface area contributed by atoms with Crippen molar-refractivity contribution >= 4 is 5.91 Å². The molecule has 0 aromatic rings. The van der Waals surface area contributed by atoms with Gasteiger partial charge in [-0.3, -0.25) is 4.79 Å². The summed E-state index contributed by atoms with van der Waals surface area (Å²) in [6, 6.07) is -0.830. The Bertz CT molecular complexity index is 822. The average molecular weight is 698 g/mol. The summed E-state index contributed by atoms with van der Waals surface area (Å²) in [6.07, 6.45) is 28.0. The number of hydrogen-bond acceptors (Lipinski definition) is 8. The van der Waals surface area contributed by atoms with Crippen molar-refractivity contribution < 1.29 is 39.8 Å². The number of carbonyl (C=O) groups excluding carboxylic acids is 1. The first-order valence-corrected chi connectivity index (χ1v) is 20.1. The molecule has 0 aliphatic carbocycles. The van der Waals surface area contributed by atoms with Gasteiger partial charge in [0, 0.05) is 6.42 Å². The van der Waals surface area contributed by atoms with E-state index in [9.17, 15) is 30.3 Å². The smallest absolute Gasteiger partial charge is 0.220 e. The molecule has 0 aromatic carbocycles. The fourth-order valence-electron chi connectivity index (χ4n) is 6.27. The van der Waals surface area contributed by atoms with E-state index in [4.69, 9.17) is 9.47 Å². The van der Waals surface area contributed by atoms with Gasteiger partial charge in [0.2, 0.25) is 5.91 Å². The fraction of sp³-hybridized carbons (Fsp3) is 0.875. The van der Waals surface area contributed by atoms with E-state index in [2.05, 4.69) is 25.2 Å². The molecule has 1 fully saturated rings. The number of hydrogen-bond donors (Lipinski definition) is 6. The van der Waals surface area contributed by atoms with Crippen LogP contribution in [0.15, 0.2) is 24.3 Å². The van der Waals surface area contributed by atoms with E-state index in [-0.39, 0.29) is 12.5 Å². The molecule has 1 saturated heterocycles. The molecular weight excluding hydrogens is 622 g/mol. The topological polar surface area (TPSA) is 149 Å². The first-order chi connectivity index (χ1) is 23.8. The maximum absolute atomic E-state index is 12.9. The summed E-state index contributed by atoms with van der Waals surface area (Å²) >= 11 is 0. The largest absolute Gasteiger partial charge is 0.394 e. The third kappa shape index (κ3) is 23.0. The molecule has 7 atom stereocenters. The Labute approximate surface area is 298 Å². The number of allylic oxidation sites excluding steroid dienone is 3. The summed E-state index contributed by atoms with van der Waals surface area (Å²) in [5.41, 5.74) is 0. The summed E-state index contributed by atoms with van der Waals surface area (Å²) in [7, 11) is 0. The minimum Gasteiger partial charge on any atom is -0.394 e. The first kappa shape index (κ1) is 45.7. The van der Waals surface area contributed by atoms with E-state index < -0.39 is 49.5 Å². The van der Waals surface area contributed by atoms with Gasteiger partial charge >= 0.3 is 0 Å². The summed E-state index contributed by atoms with van der Waals surface area (Å²) < 4.78 is 11.1. The Morgan fingerprint density at radius 1 is 0.694 bits per heavy atom. The van der Waals surface area contributed by atoms with Crippen LogP contribution < -0.4 is 5.32 Å². The molecule has 9 nitrogen and oxygen atoms in total. The van der Waals surface area contributed by atoms with Crippen molar-refractivity contribution in [2.75, 3.05) is 13.2 Å². The standard InChI is InChI=1S/C40H75NO8/c1-3-5-7-9-11-13-15-16-17-18-20-22-24-26-28-30-36(44)41-33(32-48-40-39(47)38(46)37(45)35(31-42)49-40)34(43)29-27-25-23-21-19-14-12-10-8-6-4-2/h23,25,27,29,33-35,37-40,42-43,45-47H,3-22,24,26,28,30-32H2,1-2H3,(H,41,44)/b25-23+,29-27+/t33-,34+,35+,37+,38?,39?,40+/m0/s1. The highest BCUT2D eigenvalue weighted by Gasteiger charge is 2.44. The van der Waals surface area contributed by atoms with Crippen LogP contribution in [0.1, 0.15) is 168 Å². The van der Waals surface area contributed by atoms with E-state index in [1.165, 1.54) is 116 Å². The number of unbranched alkanes of at least 4 members (excludes halogenated alkanes) is 21. The van der Waals surface area contributed by atoms with E-state index in [0.717, 1.165) is 32.1 Å². The van der Waals surface area contributed by atoms with Gasteiger partial charge in [-0.2, -0.15) is 0 Å². The lowest BCUT2D eigenvalue weighted by Gasteiger charge is -2.40. The third-order valence-corrected chi connectivity index (χ3v) is 9.58. The summed E-state index contributed by atoms with van der Waals surface area (Å²) in [4.78, 5) is 12.9. The molecule has 9 heteroatoms. The number of ether oxygens (including phenoxy) is 2. The van der Waals surface area contributed by atoms with Gasteiger partial charge in [0.25, 0.3) is 0 Å². The van der Waals surface area contributed by atoms with Gasteiger partial charge in [0.15, 0.2) is 6.29 Å². The molecule has 2 unspecified atom stereocenters. The molecule has 1 aliphatic heterocycles. The zero-order valence-electron chi connectivity index (χ0n) is 31.2. The van der Waals surface area contributed by atoms with Crippen LogP contribution in [-0.2, 0) is 14.3 Å². The van der Waals surface area contributed by atoms with Crippen LogP contribution in [0.2, 0.25) is 0 Å². The number of rotatable bonds is 32. The second-order valence-electron chi connectivity index (χ2n) is 14.1. The van der Waals surface area contributed by atoms with Gasteiger partial charge in [0.05, 0.1) is 25.4 Å². The lowest BCUT2D eigenvalue weighted by molar-refractivity contribution is -0.302. The van der Waals surface area contributed by atoms with Crippen molar-refractivity contribution in [2.24, 2.45) is 0 Å². The fourth-order valence-corrected chi connectivity index (χ4v) is 6.27. The SMILES string of the molecule is CCCCCCCCC/C=C/C=C/[C@@H](O)[C@H](CO[C@@H]1O[C@H](CO)[C@@H](O)C(O)C1O)NC(=O)CCCCCCCCCCCCCCCCC. The van der Waals surface area contributed by atoms with Crippen molar-refractivity contribution in [3.63, 3.8) is 0 Å². The predicted molar refractivity (Wildman–Crippen MR) is 198 cm³/mol. The van der Waals surface area contributed by atoms with Gasteiger partial charge in [-0.05, 0) is 19.3 Å². The molecule has 288 valence electrons. The highest BCUT2D eigenvalue weighted by molar-refractivity contribution is 5.76. The monoisotopic (exact) mass is 698 g/mol. The van der Waals surface area contributed by atoms with Crippen LogP contribution in [-0.4, -0.2) is 87.5 Å². The molecule has 0 spiro atoms. The number of nitrogens with one attached hydrogen (secondary N) is 1. The lowest BCUT2D eigenvalue weighted by atomic mass is 9.99. The van der Waals surface area contributed by atoms with Crippen molar-refractivity contribution in [3.8, 4) is 0 Å². The van der Waals surface area contributed by atoms with Crippen molar-refractivity contribution in [3.05, 3.63) is 24.3 Å². The molecule has 0 aromatic heterocycles. The zero-order chi connectivity index (χ0) is 36.0. The number of aliphatic hydroxyl groups is 5. The maximum Gasteiger partial charge on any atom is 0.220 e. The van der Waals surface area contributed by atoms with Gasteiger partial charge in [-0.1, -0.05) is 167 Å². The van der Waals surface area contributed by atoms with Crippen molar-refractivity contribution in [1.29, 1.82) is 0 Å². The number of carbonyl (C=O) groups is 1. The molecule has 1 aliphatic rings. The predicted octanol–water partition coefficient (Wildman–Crippen LogP) is 7.16. The highest BCUT2D eigenvalue weighted by Crippen LogP contribution is 2.22. The van der Waals surface area contributed by atoms with Crippen LogP contribution in [0.4, 0.5) is 0 Å². The molecule has 0 radical (unpaired) electrons. The molecule has 6 N–H and O–H groups in total. The molecule has 1 heterocycles. The highest BCUT2D eigenvalue weighted by atomic mass is 16.7. The van der Waals surface area contributed by atoms with E-state index in [1.54, 1.807) is 12.2 Å². The summed E-state index contributed by atoms with van der Waals surface area (Å²) in [6.45, 7) is 3.70. The van der Waals surface area contributed by atoms with Gasteiger partial charge in [0.1, 0.15) is 24.4 Å². The maximum atomic E-state index is 12.9. The molecular formula is C40H75NO8. The summed E-state index contributed by atoms with van der Waals surface area (Å²) in [5, 5.41) is 53.8. The molecule has 0 bridgehead atoms. The van der Waals surface area contributed by atoms with E-state index in [0.29, 0.717) is 6.42 Å². The van der Waals surface area contributed by atoms with Gasteiger partial charge < -0.3 is 40.3 Å². The Kier molecular flexibility index (Phi) is 29.3. The van der Waals surface area contributed by atoms with Crippen LogP contribution in [0, 0.1) is 0 Å². The second kappa shape index (κ2) is 31.4. The average Bonchev–Trinajstić information content (AvgIpc) is 3.10. The van der Waals surface area contributed by atoms with Gasteiger partial charge in [-0.25, -0.2) is 0 Å². The second-order valence-corrected chi connectivity index (χ2v) is 14.1. The Morgan fingerprint density at radius 2 is 1.18 bits per heavy atom. The summed E-state index contributed by atoms with van der Waals surface area (Å²) in [5.74, 6) is -0.195. The lowest BCUT2D eigenvalue weighted by Crippen LogP contribution is -2.60. The third-order valence-electron chi connectivity index (χ3n) is 9.58. The van der Waals surface area contributed by atoms with E-state index >= 15 is 0 Å². The van der Waals surface area contributed by atoms with Crippen LogP contribution in [0.5, 0.6) is 0 Å². The van der Waals surface area contributed by atoms with Crippen LogP contribution in [0.3, 0.4) is 0 Å². The normalized spacial score (nSPS) is 22.6. The van der Waals surface area contributed by atoms with Gasteiger partial charge in [-0.15, -0.1) is 0 Å². The first-order valence-electron chi connectivity index (χ1n) is 20.1. The minimum atomic E-state index is -1.57. The Hall–Kier alpha value is -1.33. The van der Waals surface area contributed by atoms with E-state index in [1.807, 2.05) is 6.08 Å². The molecule has 49 heavy (non-hydrogen) atoms. The molecule has 1 rings (SSSR count). The van der Waals surface area contributed by atoms with Crippen molar-refractivity contribution in [2.45, 2.75) is 211 Å². The minimum absolute atomic E-state index is 0.195.